The SMILES string of the molecule is CCC[C@H](NS(=O)(=O)N1CCN(c2ccc(C#Cc3ccc4cccc(C(N)=O)c4c3)cc2)CC1)C(=O)O. The molecule has 1 amide bonds. The van der Waals surface area contributed by atoms with Crippen LogP contribution < -0.4 is 15.4 Å². The third kappa shape index (κ3) is 6.31. The topological polar surface area (TPSA) is 133 Å². The molecule has 1 atom stereocenters. The van der Waals surface area contributed by atoms with Crippen LogP contribution in [-0.4, -0.2) is 61.9 Å². The molecule has 1 aliphatic heterocycles. The van der Waals surface area contributed by atoms with Gasteiger partial charge in [-0.15, -0.1) is 0 Å². The summed E-state index contributed by atoms with van der Waals surface area (Å²) in [4.78, 5) is 25.2. The van der Waals surface area contributed by atoms with Gasteiger partial charge in [0.15, 0.2) is 0 Å². The first-order valence-corrected chi connectivity index (χ1v) is 13.8. The summed E-state index contributed by atoms with van der Waals surface area (Å²) in [5, 5.41) is 11.0. The van der Waals surface area contributed by atoms with Crippen molar-refractivity contribution in [3.8, 4) is 11.8 Å². The number of carboxylic acids is 1. The quantitative estimate of drug-likeness (QED) is 0.381. The van der Waals surface area contributed by atoms with Crippen LogP contribution in [0.5, 0.6) is 0 Å². The van der Waals surface area contributed by atoms with Crippen LogP contribution in [0.3, 0.4) is 0 Å². The number of carbonyl (C=O) groups is 2. The number of fused-ring (bicyclic) bond motifs is 1. The lowest BCUT2D eigenvalue weighted by molar-refractivity contribution is -0.139. The number of carbonyl (C=O) groups excluding carboxylic acids is 1. The average Bonchev–Trinajstić information content (AvgIpc) is 2.91. The van der Waals surface area contributed by atoms with Gasteiger partial charge in [-0.05, 0) is 59.7 Å². The molecule has 3 aromatic carbocycles. The Labute approximate surface area is 222 Å². The van der Waals surface area contributed by atoms with Crippen LogP contribution in [0.1, 0.15) is 41.3 Å². The predicted molar refractivity (Wildman–Crippen MR) is 147 cm³/mol. The molecule has 4 N–H and O–H groups in total. The zero-order valence-electron chi connectivity index (χ0n) is 21.1. The Bertz CT molecular complexity index is 1500. The number of nitrogens with one attached hydrogen (secondary N) is 1. The molecule has 4 rings (SSSR count). The normalized spacial score (nSPS) is 15.0. The highest BCUT2D eigenvalue weighted by atomic mass is 32.2. The fourth-order valence-electron chi connectivity index (χ4n) is 4.43. The molecule has 3 aromatic rings. The Kier molecular flexibility index (Phi) is 8.32. The average molecular weight is 535 g/mol. The van der Waals surface area contributed by atoms with Crippen molar-refractivity contribution in [3.63, 3.8) is 0 Å². The van der Waals surface area contributed by atoms with E-state index in [2.05, 4.69) is 21.5 Å². The van der Waals surface area contributed by atoms with Crippen molar-refractivity contribution in [1.82, 2.24) is 9.03 Å². The molecule has 0 spiro atoms. The van der Waals surface area contributed by atoms with Gasteiger partial charge in [-0.2, -0.15) is 17.4 Å². The van der Waals surface area contributed by atoms with Crippen molar-refractivity contribution in [1.29, 1.82) is 0 Å². The van der Waals surface area contributed by atoms with Gasteiger partial charge in [-0.25, -0.2) is 0 Å². The summed E-state index contributed by atoms with van der Waals surface area (Å²) >= 11 is 0. The summed E-state index contributed by atoms with van der Waals surface area (Å²) in [5.74, 6) is 4.62. The van der Waals surface area contributed by atoms with Crippen molar-refractivity contribution in [3.05, 3.63) is 77.4 Å². The highest BCUT2D eigenvalue weighted by Gasteiger charge is 2.31. The first-order valence-electron chi connectivity index (χ1n) is 12.4. The van der Waals surface area contributed by atoms with Crippen LogP contribution >= 0.6 is 0 Å². The van der Waals surface area contributed by atoms with Gasteiger partial charge in [-0.1, -0.05) is 43.4 Å². The van der Waals surface area contributed by atoms with Gasteiger partial charge in [0.1, 0.15) is 6.04 Å². The van der Waals surface area contributed by atoms with E-state index in [0.29, 0.717) is 25.1 Å². The van der Waals surface area contributed by atoms with Crippen LogP contribution in [0.4, 0.5) is 5.69 Å². The van der Waals surface area contributed by atoms with Gasteiger partial charge < -0.3 is 15.7 Å². The van der Waals surface area contributed by atoms with Crippen LogP contribution in [0.15, 0.2) is 60.7 Å². The molecule has 0 aromatic heterocycles. The zero-order chi connectivity index (χ0) is 27.3. The minimum atomic E-state index is -3.89. The van der Waals surface area contributed by atoms with Crippen LogP contribution in [0, 0.1) is 11.8 Å². The van der Waals surface area contributed by atoms with E-state index in [9.17, 15) is 23.1 Å². The molecule has 1 saturated heterocycles. The second kappa shape index (κ2) is 11.6. The third-order valence-electron chi connectivity index (χ3n) is 6.48. The summed E-state index contributed by atoms with van der Waals surface area (Å²) in [6.45, 7) is 3.28. The summed E-state index contributed by atoms with van der Waals surface area (Å²) in [6.07, 6.45) is 0.797. The Morgan fingerprint density at radius 2 is 1.66 bits per heavy atom. The molecule has 0 unspecified atom stereocenters. The summed E-state index contributed by atoms with van der Waals surface area (Å²) < 4.78 is 28.9. The first-order chi connectivity index (χ1) is 18.2. The fourth-order valence-corrected chi connectivity index (χ4v) is 5.80. The van der Waals surface area contributed by atoms with E-state index in [-0.39, 0.29) is 19.5 Å². The molecule has 0 radical (unpaired) electrons. The van der Waals surface area contributed by atoms with E-state index in [4.69, 9.17) is 5.73 Å². The molecule has 1 aliphatic rings. The number of primary amides is 1. The van der Waals surface area contributed by atoms with E-state index in [1.807, 2.05) is 55.5 Å². The van der Waals surface area contributed by atoms with Gasteiger partial charge in [0, 0.05) is 48.6 Å². The number of aliphatic carboxylic acids is 1. The van der Waals surface area contributed by atoms with Crippen molar-refractivity contribution in [2.45, 2.75) is 25.8 Å². The van der Waals surface area contributed by atoms with Crippen molar-refractivity contribution >= 4 is 38.5 Å². The number of hydrogen-bond acceptors (Lipinski definition) is 5. The van der Waals surface area contributed by atoms with Gasteiger partial charge >= 0.3 is 5.97 Å². The van der Waals surface area contributed by atoms with Crippen molar-refractivity contribution in [2.24, 2.45) is 5.73 Å². The van der Waals surface area contributed by atoms with E-state index in [1.165, 1.54) is 4.31 Å². The summed E-state index contributed by atoms with van der Waals surface area (Å²) in [7, 11) is -3.89. The maximum Gasteiger partial charge on any atom is 0.321 e. The molecule has 0 bridgehead atoms. The number of nitrogens with zero attached hydrogens (tertiary/aromatic N) is 2. The number of carboxylic acid groups (broad SMARTS) is 1. The molecule has 9 nitrogen and oxygen atoms in total. The predicted octanol–water partition coefficient (Wildman–Crippen LogP) is 2.55. The highest BCUT2D eigenvalue weighted by molar-refractivity contribution is 7.87. The lowest BCUT2D eigenvalue weighted by Crippen LogP contribution is -2.54. The first kappa shape index (κ1) is 27.1. The molecule has 10 heteroatoms. The van der Waals surface area contributed by atoms with Gasteiger partial charge in [0.2, 0.25) is 5.91 Å². The summed E-state index contributed by atoms with van der Waals surface area (Å²) in [6, 6.07) is 17.7. The van der Waals surface area contributed by atoms with E-state index >= 15 is 0 Å². The number of anilines is 1. The van der Waals surface area contributed by atoms with Gasteiger partial charge in [-0.3, -0.25) is 9.59 Å². The molecular formula is C28H30N4O5S. The van der Waals surface area contributed by atoms with Crippen LogP contribution in [-0.2, 0) is 15.0 Å². The third-order valence-corrected chi connectivity index (χ3v) is 8.10. The number of piperazine rings is 1. The Morgan fingerprint density at radius 1 is 1.00 bits per heavy atom. The minimum absolute atomic E-state index is 0.235. The molecule has 198 valence electrons. The number of hydrogen-bond donors (Lipinski definition) is 3. The van der Waals surface area contributed by atoms with Crippen molar-refractivity contribution < 1.29 is 23.1 Å². The van der Waals surface area contributed by atoms with Gasteiger partial charge in [0.25, 0.3) is 10.2 Å². The maximum absolute atomic E-state index is 12.7. The standard InChI is InChI=1S/C28H30N4O5S/c1-2-4-26(28(34)35)30-38(36,37)32-17-15-31(16-18-32)23-13-10-20(11-14-23)7-8-21-9-12-22-5-3-6-24(27(29)33)25(22)19-21/h3,5-6,9-14,19,26,30H,2,4,15-18H2,1H3,(H2,29,33)(H,34,35)/t26-/m0/s1. The van der Waals surface area contributed by atoms with E-state index < -0.39 is 28.1 Å². The molecular weight excluding hydrogens is 504 g/mol. The Balaban J connectivity index is 1.40. The lowest BCUT2D eigenvalue weighted by Gasteiger charge is -2.35. The van der Waals surface area contributed by atoms with Gasteiger partial charge in [0.05, 0.1) is 0 Å². The smallest absolute Gasteiger partial charge is 0.321 e. The molecule has 38 heavy (non-hydrogen) atoms. The van der Waals surface area contributed by atoms with E-state index in [1.54, 1.807) is 12.1 Å². The number of benzene rings is 3. The molecule has 1 fully saturated rings. The van der Waals surface area contributed by atoms with Crippen LogP contribution in [0.25, 0.3) is 10.8 Å². The molecule has 1 heterocycles. The number of amides is 1. The number of rotatable bonds is 8. The van der Waals surface area contributed by atoms with Crippen LogP contribution in [0.2, 0.25) is 0 Å². The Morgan fingerprint density at radius 3 is 2.29 bits per heavy atom. The van der Waals surface area contributed by atoms with E-state index in [0.717, 1.165) is 27.6 Å². The van der Waals surface area contributed by atoms with Crippen molar-refractivity contribution in [2.75, 3.05) is 31.1 Å². The number of nitrogens with two attached hydrogens (primary N) is 1. The second-order valence-electron chi connectivity index (χ2n) is 9.09. The highest BCUT2D eigenvalue weighted by Crippen LogP contribution is 2.21. The fraction of sp³-hybridized carbons (Fsp3) is 0.286. The minimum Gasteiger partial charge on any atom is -0.480 e. The lowest BCUT2D eigenvalue weighted by atomic mass is 10.0. The summed E-state index contributed by atoms with van der Waals surface area (Å²) in [5.41, 5.74) is 8.50. The maximum atomic E-state index is 12.7. The Hall–Kier alpha value is -3.91. The largest absolute Gasteiger partial charge is 0.480 e. The monoisotopic (exact) mass is 534 g/mol. The molecule has 0 saturated carbocycles. The second-order valence-corrected chi connectivity index (χ2v) is 10.8. The zero-order valence-corrected chi connectivity index (χ0v) is 21.9. The molecule has 0 aliphatic carbocycles.